The third-order valence-corrected chi connectivity index (χ3v) is 5.29. The quantitative estimate of drug-likeness (QED) is 0.326. The second-order valence-electron chi connectivity index (χ2n) is 7.25. The van der Waals surface area contributed by atoms with E-state index in [9.17, 15) is 4.39 Å². The largest absolute Gasteiger partial charge is 0.339 e. The molecular formula is C27H19FN2. The summed E-state index contributed by atoms with van der Waals surface area (Å²) in [4.78, 5) is 7.92. The maximum Gasteiger partial charge on any atom is 0.138 e. The van der Waals surface area contributed by atoms with Crippen molar-refractivity contribution in [3.63, 3.8) is 0 Å². The molecule has 0 aliphatic carbocycles. The summed E-state index contributed by atoms with van der Waals surface area (Å²) < 4.78 is 14.2. The SMILES string of the molecule is C=C(c1cnc2[nH]c3ccc(/C=C/c4ccccc4)cc3c2c1)c1ccccc1F. The van der Waals surface area contributed by atoms with Crippen molar-refractivity contribution in [1.82, 2.24) is 9.97 Å². The average Bonchev–Trinajstić information content (AvgIpc) is 3.15. The smallest absolute Gasteiger partial charge is 0.138 e. The van der Waals surface area contributed by atoms with Gasteiger partial charge in [-0.05, 0) is 41.0 Å². The number of halogens is 1. The molecule has 30 heavy (non-hydrogen) atoms. The second kappa shape index (κ2) is 7.45. The third-order valence-electron chi connectivity index (χ3n) is 5.29. The van der Waals surface area contributed by atoms with Gasteiger partial charge in [-0.3, -0.25) is 0 Å². The fraction of sp³-hybridized carbons (Fsp3) is 0. The van der Waals surface area contributed by atoms with Gasteiger partial charge in [0.15, 0.2) is 0 Å². The van der Waals surface area contributed by atoms with Gasteiger partial charge in [0.2, 0.25) is 0 Å². The van der Waals surface area contributed by atoms with Crippen molar-refractivity contribution in [2.45, 2.75) is 0 Å². The Bertz CT molecular complexity index is 1410. The van der Waals surface area contributed by atoms with Crippen molar-refractivity contribution in [2.24, 2.45) is 0 Å². The molecule has 0 spiro atoms. The Balaban J connectivity index is 1.57. The maximum atomic E-state index is 14.2. The van der Waals surface area contributed by atoms with Crippen LogP contribution in [0.4, 0.5) is 4.39 Å². The summed E-state index contributed by atoms with van der Waals surface area (Å²) in [6, 6.07) is 25.2. The molecule has 2 nitrogen and oxygen atoms in total. The molecule has 144 valence electrons. The minimum absolute atomic E-state index is 0.283. The molecule has 3 aromatic carbocycles. The van der Waals surface area contributed by atoms with E-state index in [1.807, 2.05) is 30.3 Å². The number of pyridine rings is 1. The predicted octanol–water partition coefficient (Wildman–Crippen LogP) is 7.09. The van der Waals surface area contributed by atoms with E-state index in [0.29, 0.717) is 11.1 Å². The summed E-state index contributed by atoms with van der Waals surface area (Å²) >= 11 is 0. The van der Waals surface area contributed by atoms with Gasteiger partial charge in [0.1, 0.15) is 11.5 Å². The topological polar surface area (TPSA) is 28.7 Å². The monoisotopic (exact) mass is 390 g/mol. The van der Waals surface area contributed by atoms with Gasteiger partial charge in [0, 0.05) is 33.6 Å². The van der Waals surface area contributed by atoms with Crippen LogP contribution in [-0.2, 0) is 0 Å². The van der Waals surface area contributed by atoms with E-state index < -0.39 is 0 Å². The number of H-pyrrole nitrogens is 1. The highest BCUT2D eigenvalue weighted by atomic mass is 19.1. The highest BCUT2D eigenvalue weighted by molar-refractivity contribution is 6.07. The molecule has 0 radical (unpaired) electrons. The van der Waals surface area contributed by atoms with Gasteiger partial charge in [-0.2, -0.15) is 0 Å². The first-order chi connectivity index (χ1) is 14.7. The predicted molar refractivity (Wildman–Crippen MR) is 124 cm³/mol. The number of hydrogen-bond donors (Lipinski definition) is 1. The molecule has 0 amide bonds. The van der Waals surface area contributed by atoms with Gasteiger partial charge < -0.3 is 4.98 Å². The molecule has 5 aromatic rings. The molecular weight excluding hydrogens is 371 g/mol. The van der Waals surface area contributed by atoms with E-state index in [4.69, 9.17) is 0 Å². The lowest BCUT2D eigenvalue weighted by atomic mass is 9.99. The van der Waals surface area contributed by atoms with Crippen molar-refractivity contribution in [3.05, 3.63) is 120 Å². The molecule has 0 saturated carbocycles. The molecule has 0 atom stereocenters. The molecule has 2 heterocycles. The Kier molecular flexibility index (Phi) is 4.49. The van der Waals surface area contributed by atoms with E-state index in [1.54, 1.807) is 18.3 Å². The van der Waals surface area contributed by atoms with Crippen molar-refractivity contribution in [1.29, 1.82) is 0 Å². The summed E-state index contributed by atoms with van der Waals surface area (Å²) in [5.74, 6) is -0.283. The zero-order valence-electron chi connectivity index (χ0n) is 16.3. The molecule has 2 aromatic heterocycles. The van der Waals surface area contributed by atoms with Crippen LogP contribution in [0, 0.1) is 5.82 Å². The Hall–Kier alpha value is -3.98. The molecule has 0 fully saturated rings. The van der Waals surface area contributed by atoms with Crippen LogP contribution in [0.3, 0.4) is 0 Å². The molecule has 3 heteroatoms. The number of fused-ring (bicyclic) bond motifs is 3. The number of hydrogen-bond acceptors (Lipinski definition) is 1. The van der Waals surface area contributed by atoms with Crippen LogP contribution in [0.5, 0.6) is 0 Å². The van der Waals surface area contributed by atoms with Crippen LogP contribution < -0.4 is 0 Å². The number of aromatic amines is 1. The van der Waals surface area contributed by atoms with Crippen molar-refractivity contribution in [3.8, 4) is 0 Å². The van der Waals surface area contributed by atoms with E-state index in [2.05, 4.69) is 59.0 Å². The summed E-state index contributed by atoms with van der Waals surface area (Å²) in [5.41, 5.74) is 6.00. The van der Waals surface area contributed by atoms with Crippen LogP contribution in [0.2, 0.25) is 0 Å². The van der Waals surface area contributed by atoms with Gasteiger partial charge in [-0.15, -0.1) is 0 Å². The van der Waals surface area contributed by atoms with Gasteiger partial charge in [0.25, 0.3) is 0 Å². The minimum atomic E-state index is -0.283. The lowest BCUT2D eigenvalue weighted by Gasteiger charge is -2.07. The van der Waals surface area contributed by atoms with Crippen LogP contribution in [0.15, 0.2) is 91.6 Å². The fourth-order valence-corrected chi connectivity index (χ4v) is 3.68. The Morgan fingerprint density at radius 3 is 2.43 bits per heavy atom. The van der Waals surface area contributed by atoms with Gasteiger partial charge in [0.05, 0.1) is 0 Å². The summed E-state index contributed by atoms with van der Waals surface area (Å²) in [5, 5.41) is 2.07. The van der Waals surface area contributed by atoms with Crippen LogP contribution >= 0.6 is 0 Å². The maximum absolute atomic E-state index is 14.2. The zero-order valence-corrected chi connectivity index (χ0v) is 16.3. The average molecular weight is 390 g/mol. The first-order valence-corrected chi connectivity index (χ1v) is 9.78. The third kappa shape index (κ3) is 3.31. The normalized spacial score (nSPS) is 11.5. The lowest BCUT2D eigenvalue weighted by Crippen LogP contribution is -1.91. The molecule has 0 bridgehead atoms. The summed E-state index contributed by atoms with van der Waals surface area (Å²) in [6.45, 7) is 4.11. The molecule has 0 saturated heterocycles. The van der Waals surface area contributed by atoms with E-state index in [-0.39, 0.29) is 5.82 Å². The zero-order chi connectivity index (χ0) is 20.5. The highest BCUT2D eigenvalue weighted by Crippen LogP contribution is 2.30. The number of rotatable bonds is 4. The first kappa shape index (κ1) is 18.1. The Morgan fingerprint density at radius 2 is 1.60 bits per heavy atom. The van der Waals surface area contributed by atoms with Crippen LogP contribution in [-0.4, -0.2) is 9.97 Å². The molecule has 5 rings (SSSR count). The van der Waals surface area contributed by atoms with Gasteiger partial charge in [-0.1, -0.05) is 73.3 Å². The Morgan fingerprint density at radius 1 is 0.833 bits per heavy atom. The number of nitrogens with zero attached hydrogens (tertiary/aromatic N) is 1. The molecule has 0 aliphatic rings. The second-order valence-corrected chi connectivity index (χ2v) is 7.25. The van der Waals surface area contributed by atoms with Crippen LogP contribution in [0.25, 0.3) is 39.7 Å². The number of nitrogens with one attached hydrogen (secondary N) is 1. The molecule has 0 unspecified atom stereocenters. The number of benzene rings is 3. The van der Waals surface area contributed by atoms with Crippen LogP contribution in [0.1, 0.15) is 22.3 Å². The van der Waals surface area contributed by atoms with Crippen molar-refractivity contribution < 1.29 is 4.39 Å². The van der Waals surface area contributed by atoms with E-state index in [1.165, 1.54) is 6.07 Å². The minimum Gasteiger partial charge on any atom is -0.339 e. The molecule has 1 N–H and O–H groups in total. The highest BCUT2D eigenvalue weighted by Gasteiger charge is 2.11. The standard InChI is InChI=1S/C27H19FN2/c1-18(22-9-5-6-10-25(22)28)21-16-24-23-15-20(12-11-19-7-3-2-4-8-19)13-14-26(23)30-27(24)29-17-21/h2-17H,1H2,(H,29,30)/b12-11+. The van der Waals surface area contributed by atoms with E-state index >= 15 is 0 Å². The summed E-state index contributed by atoms with van der Waals surface area (Å²) in [7, 11) is 0. The van der Waals surface area contributed by atoms with Crippen molar-refractivity contribution >= 4 is 39.7 Å². The van der Waals surface area contributed by atoms with Gasteiger partial charge in [-0.25, -0.2) is 9.37 Å². The first-order valence-electron chi connectivity index (χ1n) is 9.78. The number of aromatic nitrogens is 2. The Labute approximate surface area is 174 Å². The molecule has 0 aliphatic heterocycles. The fourth-order valence-electron chi connectivity index (χ4n) is 3.68. The lowest BCUT2D eigenvalue weighted by molar-refractivity contribution is 0.624. The van der Waals surface area contributed by atoms with E-state index in [0.717, 1.165) is 38.6 Å². The summed E-state index contributed by atoms with van der Waals surface area (Å²) in [6.07, 6.45) is 5.94. The van der Waals surface area contributed by atoms with Crippen molar-refractivity contribution in [2.75, 3.05) is 0 Å². The van der Waals surface area contributed by atoms with Gasteiger partial charge >= 0.3 is 0 Å².